The van der Waals surface area contributed by atoms with Crippen LogP contribution in [-0.2, 0) is 41.2 Å². The molecule has 0 radical (unpaired) electrons. The van der Waals surface area contributed by atoms with Crippen molar-refractivity contribution < 1.29 is 24.2 Å². The Labute approximate surface area is 267 Å². The van der Waals surface area contributed by atoms with Gasteiger partial charge in [0.2, 0.25) is 0 Å². The molecule has 2 atom stereocenters. The van der Waals surface area contributed by atoms with Crippen LogP contribution in [0.3, 0.4) is 0 Å². The minimum absolute atomic E-state index is 0.119. The number of amides is 2. The molecule has 13 heteroatoms. The quantitative estimate of drug-likeness (QED) is 0.314. The number of hydrogen-bond acceptors (Lipinski definition) is 9. The number of fused-ring (bicyclic) bond motifs is 4. The number of anilines is 2. The molecule has 1 spiro atoms. The van der Waals surface area contributed by atoms with Gasteiger partial charge in [0.1, 0.15) is 11.4 Å². The van der Waals surface area contributed by atoms with Crippen molar-refractivity contribution in [2.45, 2.75) is 82.6 Å². The van der Waals surface area contributed by atoms with E-state index < -0.39 is 17.2 Å². The number of carbonyl (C=O) groups is 2. The summed E-state index contributed by atoms with van der Waals surface area (Å²) < 4.78 is 15.0. The molecule has 0 saturated heterocycles. The second-order valence-electron chi connectivity index (χ2n) is 13.2. The van der Waals surface area contributed by atoms with Crippen LogP contribution in [0.4, 0.5) is 16.3 Å². The molecule has 3 aromatic rings. The third-order valence-electron chi connectivity index (χ3n) is 8.77. The number of thioether (sulfide) groups is 1. The molecule has 240 valence electrons. The predicted octanol–water partition coefficient (Wildman–Crippen LogP) is 4.85. The Morgan fingerprint density at radius 1 is 1.16 bits per heavy atom. The molecule has 45 heavy (non-hydrogen) atoms. The first-order valence-corrected chi connectivity index (χ1v) is 16.4. The maximum Gasteiger partial charge on any atom is 0.412 e. The summed E-state index contributed by atoms with van der Waals surface area (Å²) >= 11 is 1.49. The summed E-state index contributed by atoms with van der Waals surface area (Å²) in [5, 5.41) is 15.4. The van der Waals surface area contributed by atoms with Gasteiger partial charge in [-0.05, 0) is 69.7 Å². The van der Waals surface area contributed by atoms with Crippen molar-refractivity contribution >= 4 is 35.3 Å². The van der Waals surface area contributed by atoms with Gasteiger partial charge in [0.15, 0.2) is 10.9 Å². The highest BCUT2D eigenvalue weighted by atomic mass is 32.2. The molecule has 6 rings (SSSR count). The average molecular weight is 636 g/mol. The summed E-state index contributed by atoms with van der Waals surface area (Å²) in [5.41, 5.74) is 4.29. The number of aryl methyl sites for hydroxylation is 1. The van der Waals surface area contributed by atoms with E-state index in [1.165, 1.54) is 21.6 Å². The van der Waals surface area contributed by atoms with Crippen LogP contribution in [0.2, 0.25) is 0 Å². The number of carbonyl (C=O) groups excluding carboxylic acids is 1. The van der Waals surface area contributed by atoms with E-state index in [1.54, 1.807) is 14.1 Å². The molecule has 5 heterocycles. The molecule has 1 N–H and O–H groups in total. The number of aromatic nitrogens is 4. The van der Waals surface area contributed by atoms with E-state index in [4.69, 9.17) is 19.4 Å². The molecule has 3 aliphatic rings. The van der Waals surface area contributed by atoms with Crippen molar-refractivity contribution in [1.82, 2.24) is 24.6 Å². The second kappa shape index (κ2) is 11.6. The van der Waals surface area contributed by atoms with Crippen molar-refractivity contribution in [3.63, 3.8) is 0 Å². The molecule has 0 aliphatic carbocycles. The van der Waals surface area contributed by atoms with E-state index >= 15 is 0 Å². The number of hydrogen-bond donors (Lipinski definition) is 1. The number of rotatable bonds is 4. The average Bonchev–Trinajstić information content (AvgIpc) is 3.28. The highest BCUT2D eigenvalue weighted by Gasteiger charge is 2.46. The van der Waals surface area contributed by atoms with Gasteiger partial charge in [-0.2, -0.15) is 5.10 Å². The van der Waals surface area contributed by atoms with E-state index in [0.29, 0.717) is 42.7 Å². The summed E-state index contributed by atoms with van der Waals surface area (Å²) in [7, 11) is 3.46. The van der Waals surface area contributed by atoms with Crippen molar-refractivity contribution in [2.75, 3.05) is 43.3 Å². The number of ether oxygens (including phenoxy) is 2. The Balaban J connectivity index is 1.38. The fraction of sp³-hybridized carbons (Fsp3) is 0.531. The molecular formula is C32H41N7O5S. The summed E-state index contributed by atoms with van der Waals surface area (Å²) in [6, 6.07) is 7.65. The minimum atomic E-state index is -1.01. The van der Waals surface area contributed by atoms with Gasteiger partial charge in [-0.25, -0.2) is 14.8 Å². The summed E-state index contributed by atoms with van der Waals surface area (Å²) in [6.07, 6.45) is 2.11. The van der Waals surface area contributed by atoms with Gasteiger partial charge in [0, 0.05) is 50.4 Å². The van der Waals surface area contributed by atoms with Gasteiger partial charge in [-0.1, -0.05) is 17.8 Å². The normalized spacial score (nSPS) is 21.0. The number of benzene rings is 1. The molecule has 2 amide bonds. The van der Waals surface area contributed by atoms with Crippen molar-refractivity contribution in [3.8, 4) is 0 Å². The Hall–Kier alpha value is -3.68. The number of carboxylic acid groups (broad SMARTS) is 1. The largest absolute Gasteiger partial charge is 0.465 e. The van der Waals surface area contributed by atoms with E-state index in [2.05, 4.69) is 10.00 Å². The fourth-order valence-corrected chi connectivity index (χ4v) is 6.94. The first kappa shape index (κ1) is 31.3. The standard InChI is InChI=1S/C32H41N7O5S/c1-19-22-10-9-20(39(30(41)42)31(2,3)4)13-24(22)32(18-43-19)15-26-23(17-44-32)27(34-29(33-26)45-7)37-11-8-12-38-21(16-37)14-25(35-38)28(40)36(5)6/h9-10,13-14,19H,8,11-12,15-18H2,1-7H3,(H,41,42)/t19-,32+/m0/s1. The lowest BCUT2D eigenvalue weighted by Crippen LogP contribution is -2.47. The zero-order chi connectivity index (χ0) is 32.3. The van der Waals surface area contributed by atoms with Crippen LogP contribution in [0.5, 0.6) is 0 Å². The van der Waals surface area contributed by atoms with Gasteiger partial charge in [0.25, 0.3) is 5.91 Å². The Bertz CT molecular complexity index is 1650. The predicted molar refractivity (Wildman–Crippen MR) is 171 cm³/mol. The third kappa shape index (κ3) is 5.66. The zero-order valence-electron chi connectivity index (χ0n) is 27.0. The SMILES string of the molecule is CSc1nc2c(c(N3CCCn4nc(C(=O)N(C)C)cc4C3)n1)CO[C@@]1(CO[C@@H](C)c3ccc(N(C(=O)O)C(C)(C)C)cc31)C2. The van der Waals surface area contributed by atoms with Crippen molar-refractivity contribution in [2.24, 2.45) is 0 Å². The van der Waals surface area contributed by atoms with Gasteiger partial charge in [-0.3, -0.25) is 14.4 Å². The fourth-order valence-electron chi connectivity index (χ4n) is 6.56. The van der Waals surface area contributed by atoms with Gasteiger partial charge in [-0.15, -0.1) is 0 Å². The highest BCUT2D eigenvalue weighted by molar-refractivity contribution is 7.98. The lowest BCUT2D eigenvalue weighted by Gasteiger charge is -2.45. The molecule has 2 aromatic heterocycles. The first-order valence-electron chi connectivity index (χ1n) is 15.2. The minimum Gasteiger partial charge on any atom is -0.465 e. The molecule has 0 saturated carbocycles. The molecular weight excluding hydrogens is 594 g/mol. The lowest BCUT2D eigenvalue weighted by molar-refractivity contribution is -0.148. The van der Waals surface area contributed by atoms with Crippen molar-refractivity contribution in [1.29, 1.82) is 0 Å². The molecule has 0 fully saturated rings. The van der Waals surface area contributed by atoms with Crippen LogP contribution in [0.1, 0.15) is 78.8 Å². The first-order chi connectivity index (χ1) is 21.3. The van der Waals surface area contributed by atoms with Crippen LogP contribution >= 0.6 is 11.8 Å². The summed E-state index contributed by atoms with van der Waals surface area (Å²) in [4.78, 5) is 40.1. The Morgan fingerprint density at radius 3 is 2.62 bits per heavy atom. The Morgan fingerprint density at radius 2 is 1.93 bits per heavy atom. The van der Waals surface area contributed by atoms with Gasteiger partial charge >= 0.3 is 6.09 Å². The number of nitrogens with zero attached hydrogens (tertiary/aromatic N) is 7. The molecule has 0 bridgehead atoms. The van der Waals surface area contributed by atoms with E-state index in [-0.39, 0.29) is 18.6 Å². The zero-order valence-corrected chi connectivity index (χ0v) is 27.8. The molecule has 12 nitrogen and oxygen atoms in total. The molecule has 0 unspecified atom stereocenters. The lowest BCUT2D eigenvalue weighted by atomic mass is 9.80. The monoisotopic (exact) mass is 635 g/mol. The smallest absolute Gasteiger partial charge is 0.412 e. The Kier molecular flexibility index (Phi) is 8.07. The van der Waals surface area contributed by atoms with Gasteiger partial charge in [0.05, 0.1) is 37.3 Å². The summed E-state index contributed by atoms with van der Waals surface area (Å²) in [6.45, 7) is 10.3. The third-order valence-corrected chi connectivity index (χ3v) is 9.32. The van der Waals surface area contributed by atoms with Crippen molar-refractivity contribution in [3.05, 3.63) is 58.0 Å². The topological polar surface area (TPSA) is 126 Å². The van der Waals surface area contributed by atoms with E-state index in [0.717, 1.165) is 46.9 Å². The highest BCUT2D eigenvalue weighted by Crippen LogP contribution is 2.47. The van der Waals surface area contributed by atoms with E-state index in [1.807, 2.05) is 62.9 Å². The second-order valence-corrected chi connectivity index (χ2v) is 13.9. The van der Waals surface area contributed by atoms with Crippen LogP contribution < -0.4 is 9.80 Å². The van der Waals surface area contributed by atoms with Crippen LogP contribution in [0.15, 0.2) is 29.4 Å². The van der Waals surface area contributed by atoms with Crippen LogP contribution in [-0.4, -0.2) is 80.8 Å². The van der Waals surface area contributed by atoms with Crippen LogP contribution in [0, 0.1) is 0 Å². The van der Waals surface area contributed by atoms with E-state index in [9.17, 15) is 14.7 Å². The molecule has 3 aliphatic heterocycles. The molecule has 1 aromatic carbocycles. The van der Waals surface area contributed by atoms with Gasteiger partial charge < -0.3 is 24.4 Å². The van der Waals surface area contributed by atoms with Crippen LogP contribution in [0.25, 0.3) is 0 Å². The maximum atomic E-state index is 12.6. The summed E-state index contributed by atoms with van der Waals surface area (Å²) in [5.74, 6) is 0.713. The maximum absolute atomic E-state index is 12.6.